The number of anilines is 1. The molecule has 112 valence electrons. The number of aryl methyl sites for hydroxylation is 1. The minimum absolute atomic E-state index is 0.235. The second kappa shape index (κ2) is 5.61. The van der Waals surface area contributed by atoms with Crippen LogP contribution >= 0.6 is 0 Å². The molecule has 0 bridgehead atoms. The van der Waals surface area contributed by atoms with Crippen LogP contribution in [0.4, 0.5) is 5.69 Å². The van der Waals surface area contributed by atoms with Gasteiger partial charge >= 0.3 is 0 Å². The maximum absolute atomic E-state index is 12.3. The zero-order valence-corrected chi connectivity index (χ0v) is 12.7. The number of benzene rings is 2. The van der Waals surface area contributed by atoms with Gasteiger partial charge in [-0.05, 0) is 43.3 Å². The van der Waals surface area contributed by atoms with Crippen molar-refractivity contribution in [2.24, 2.45) is 0 Å². The zero-order valence-electron chi connectivity index (χ0n) is 11.8. The molecule has 0 unspecified atom stereocenters. The summed E-state index contributed by atoms with van der Waals surface area (Å²) in [6, 6.07) is 13.6. The van der Waals surface area contributed by atoms with Crippen molar-refractivity contribution in [1.29, 1.82) is 0 Å². The molecule has 0 aliphatic heterocycles. The van der Waals surface area contributed by atoms with Gasteiger partial charge in [-0.3, -0.25) is 4.72 Å². The van der Waals surface area contributed by atoms with Crippen molar-refractivity contribution in [3.63, 3.8) is 0 Å². The van der Waals surface area contributed by atoms with Crippen LogP contribution < -0.4 is 4.72 Å². The van der Waals surface area contributed by atoms with Gasteiger partial charge in [0, 0.05) is 5.69 Å². The molecular weight excluding hydrogens is 300 g/mol. The van der Waals surface area contributed by atoms with Crippen molar-refractivity contribution in [2.75, 3.05) is 4.72 Å². The quantitative estimate of drug-likeness (QED) is 0.802. The predicted molar refractivity (Wildman–Crippen MR) is 83.3 cm³/mol. The third-order valence-corrected chi connectivity index (χ3v) is 4.53. The number of aromatic nitrogens is 3. The van der Waals surface area contributed by atoms with Crippen molar-refractivity contribution >= 4 is 15.7 Å². The first-order chi connectivity index (χ1) is 10.5. The molecule has 6 nitrogen and oxygen atoms in total. The Morgan fingerprint density at radius 2 is 1.68 bits per heavy atom. The largest absolute Gasteiger partial charge is 0.280 e. The molecule has 1 N–H and O–H groups in total. The van der Waals surface area contributed by atoms with Crippen LogP contribution in [0, 0.1) is 6.92 Å². The Balaban J connectivity index is 1.82. The van der Waals surface area contributed by atoms with Gasteiger partial charge in [0.2, 0.25) is 0 Å². The molecule has 1 aromatic heterocycles. The lowest BCUT2D eigenvalue weighted by Gasteiger charge is -2.09. The van der Waals surface area contributed by atoms with Crippen LogP contribution in [0.5, 0.6) is 0 Å². The van der Waals surface area contributed by atoms with E-state index in [0.717, 1.165) is 11.3 Å². The maximum atomic E-state index is 12.3. The van der Waals surface area contributed by atoms with Crippen molar-refractivity contribution < 1.29 is 8.42 Å². The van der Waals surface area contributed by atoms with Gasteiger partial charge in [-0.1, -0.05) is 17.7 Å². The molecular formula is C15H14N4O2S. The highest BCUT2D eigenvalue weighted by molar-refractivity contribution is 7.92. The number of hydrogen-bond acceptors (Lipinski definition) is 4. The molecule has 0 amide bonds. The molecule has 1 heterocycles. The first-order valence-corrected chi connectivity index (χ1v) is 8.07. The average molecular weight is 314 g/mol. The number of rotatable bonds is 4. The maximum Gasteiger partial charge on any atom is 0.261 e. The third-order valence-electron chi connectivity index (χ3n) is 3.13. The molecule has 7 heteroatoms. The average Bonchev–Trinajstić information content (AvgIpc) is 3.02. The number of sulfonamides is 1. The van der Waals surface area contributed by atoms with E-state index in [-0.39, 0.29) is 4.90 Å². The highest BCUT2D eigenvalue weighted by Crippen LogP contribution is 2.18. The highest BCUT2D eigenvalue weighted by Gasteiger charge is 2.13. The lowest BCUT2D eigenvalue weighted by molar-refractivity contribution is 0.601. The molecule has 2 aromatic carbocycles. The fourth-order valence-corrected chi connectivity index (χ4v) is 3.01. The Morgan fingerprint density at radius 3 is 2.27 bits per heavy atom. The summed E-state index contributed by atoms with van der Waals surface area (Å²) < 4.78 is 28.7. The van der Waals surface area contributed by atoms with Crippen LogP contribution in [-0.2, 0) is 10.0 Å². The van der Waals surface area contributed by atoms with E-state index in [1.807, 2.05) is 6.92 Å². The lowest BCUT2D eigenvalue weighted by Crippen LogP contribution is -2.12. The van der Waals surface area contributed by atoms with Gasteiger partial charge in [0.15, 0.2) is 0 Å². The lowest BCUT2D eigenvalue weighted by atomic mass is 10.2. The summed E-state index contributed by atoms with van der Waals surface area (Å²) in [5.41, 5.74) is 2.30. The van der Waals surface area contributed by atoms with Crippen LogP contribution in [0.3, 0.4) is 0 Å². The van der Waals surface area contributed by atoms with Gasteiger partial charge < -0.3 is 0 Å². The molecule has 0 aliphatic carbocycles. The van der Waals surface area contributed by atoms with E-state index >= 15 is 0 Å². The fourth-order valence-electron chi connectivity index (χ4n) is 1.96. The minimum Gasteiger partial charge on any atom is -0.280 e. The fraction of sp³-hybridized carbons (Fsp3) is 0.0667. The smallest absolute Gasteiger partial charge is 0.261 e. The molecule has 0 radical (unpaired) electrons. The van der Waals surface area contributed by atoms with Crippen LogP contribution in [0.15, 0.2) is 66.1 Å². The summed E-state index contributed by atoms with van der Waals surface area (Å²) in [7, 11) is -3.58. The Bertz CT molecular complexity index is 855. The summed E-state index contributed by atoms with van der Waals surface area (Å²) in [6.07, 6.45) is 3.01. The van der Waals surface area contributed by atoms with Crippen molar-refractivity contribution in [1.82, 2.24) is 14.8 Å². The Labute approximate surface area is 128 Å². The molecule has 0 aliphatic rings. The molecule has 0 atom stereocenters. The van der Waals surface area contributed by atoms with E-state index in [1.165, 1.54) is 6.33 Å². The summed E-state index contributed by atoms with van der Waals surface area (Å²) in [5.74, 6) is 0. The standard InChI is InChI=1S/C15H14N4O2S/c1-12-2-8-15(9-3-12)22(20,21)18-13-4-6-14(7-5-13)19-11-16-10-17-19/h2-11,18H,1H3. The zero-order chi connectivity index (χ0) is 15.6. The molecule has 0 saturated heterocycles. The van der Waals surface area contributed by atoms with Gasteiger partial charge in [-0.2, -0.15) is 5.10 Å². The van der Waals surface area contributed by atoms with E-state index in [1.54, 1.807) is 59.5 Å². The third kappa shape index (κ3) is 2.99. The number of nitrogens with zero attached hydrogens (tertiary/aromatic N) is 3. The molecule has 3 aromatic rings. The summed E-state index contributed by atoms with van der Waals surface area (Å²) >= 11 is 0. The predicted octanol–water partition coefficient (Wildman–Crippen LogP) is 2.38. The van der Waals surface area contributed by atoms with E-state index in [2.05, 4.69) is 14.8 Å². The highest BCUT2D eigenvalue weighted by atomic mass is 32.2. The second-order valence-corrected chi connectivity index (χ2v) is 6.49. The van der Waals surface area contributed by atoms with Gasteiger partial charge in [0.25, 0.3) is 10.0 Å². The molecule has 0 saturated carbocycles. The first-order valence-electron chi connectivity index (χ1n) is 6.59. The van der Waals surface area contributed by atoms with Crippen LogP contribution in [-0.4, -0.2) is 23.2 Å². The van der Waals surface area contributed by atoms with Gasteiger partial charge in [0.05, 0.1) is 10.6 Å². The van der Waals surface area contributed by atoms with E-state index < -0.39 is 10.0 Å². The topological polar surface area (TPSA) is 76.9 Å². The van der Waals surface area contributed by atoms with Crippen molar-refractivity contribution in [3.8, 4) is 5.69 Å². The summed E-state index contributed by atoms with van der Waals surface area (Å²) in [6.45, 7) is 1.91. The second-order valence-electron chi connectivity index (χ2n) is 4.81. The molecule has 22 heavy (non-hydrogen) atoms. The van der Waals surface area contributed by atoms with Crippen molar-refractivity contribution in [3.05, 3.63) is 66.7 Å². The Morgan fingerprint density at radius 1 is 1.00 bits per heavy atom. The first kappa shape index (κ1) is 14.3. The molecule has 0 fully saturated rings. The van der Waals surface area contributed by atoms with Crippen LogP contribution in [0.2, 0.25) is 0 Å². The van der Waals surface area contributed by atoms with Gasteiger partial charge in [0.1, 0.15) is 12.7 Å². The monoisotopic (exact) mass is 314 g/mol. The van der Waals surface area contributed by atoms with Crippen molar-refractivity contribution in [2.45, 2.75) is 11.8 Å². The van der Waals surface area contributed by atoms with Gasteiger partial charge in [-0.15, -0.1) is 0 Å². The Hall–Kier alpha value is -2.67. The van der Waals surface area contributed by atoms with Gasteiger partial charge in [-0.25, -0.2) is 18.1 Å². The van der Waals surface area contributed by atoms with Crippen LogP contribution in [0.25, 0.3) is 5.69 Å². The summed E-state index contributed by atoms with van der Waals surface area (Å²) in [4.78, 5) is 4.10. The molecule has 3 rings (SSSR count). The SMILES string of the molecule is Cc1ccc(S(=O)(=O)Nc2ccc(-n3cncn3)cc2)cc1. The summed E-state index contributed by atoms with van der Waals surface area (Å²) in [5, 5.41) is 4.01. The minimum atomic E-state index is -3.58. The number of nitrogens with one attached hydrogen (secondary N) is 1. The number of hydrogen-bond donors (Lipinski definition) is 1. The normalized spacial score (nSPS) is 11.3. The Kier molecular flexibility index (Phi) is 3.64. The van der Waals surface area contributed by atoms with E-state index in [9.17, 15) is 8.42 Å². The van der Waals surface area contributed by atoms with E-state index in [4.69, 9.17) is 0 Å². The van der Waals surface area contributed by atoms with E-state index in [0.29, 0.717) is 5.69 Å². The van der Waals surface area contributed by atoms with Crippen LogP contribution in [0.1, 0.15) is 5.56 Å². The molecule has 0 spiro atoms.